The standard InChI is InChI=1S/C14H16N4O2S/c1-16-13(19)11-5-9(15)6-18(11)14(20)8-2-3-12-10(4-8)17-7-21-12/h2-4,7,9,11H,5-6,15H2,1H3,(H,16,19)/t9-,11-/m0/s1. The zero-order valence-corrected chi connectivity index (χ0v) is 12.4. The fourth-order valence-corrected chi connectivity index (χ4v) is 3.32. The summed E-state index contributed by atoms with van der Waals surface area (Å²) in [5, 5.41) is 2.59. The molecule has 6 nitrogen and oxygen atoms in total. The van der Waals surface area contributed by atoms with Crippen LogP contribution in [0.1, 0.15) is 16.8 Å². The first-order valence-electron chi connectivity index (χ1n) is 6.71. The predicted molar refractivity (Wildman–Crippen MR) is 81.1 cm³/mol. The highest BCUT2D eigenvalue weighted by molar-refractivity contribution is 7.16. The Kier molecular flexibility index (Phi) is 3.60. The van der Waals surface area contributed by atoms with E-state index in [1.807, 2.05) is 6.07 Å². The molecule has 1 aromatic carbocycles. The van der Waals surface area contributed by atoms with E-state index in [4.69, 9.17) is 5.73 Å². The number of fused-ring (bicyclic) bond motifs is 1. The molecule has 1 aliphatic heterocycles. The maximum Gasteiger partial charge on any atom is 0.254 e. The second kappa shape index (κ2) is 5.42. The number of carbonyl (C=O) groups is 2. The monoisotopic (exact) mass is 304 g/mol. The van der Waals surface area contributed by atoms with Gasteiger partial charge in [0.1, 0.15) is 6.04 Å². The number of carbonyl (C=O) groups excluding carboxylic acids is 2. The molecule has 0 saturated carbocycles. The van der Waals surface area contributed by atoms with Crippen LogP contribution >= 0.6 is 11.3 Å². The molecule has 21 heavy (non-hydrogen) atoms. The number of likely N-dealkylation sites (tertiary alicyclic amines) is 1. The van der Waals surface area contributed by atoms with Gasteiger partial charge in [0.25, 0.3) is 5.91 Å². The topological polar surface area (TPSA) is 88.3 Å². The molecule has 1 saturated heterocycles. The third-order valence-corrected chi connectivity index (χ3v) is 4.53. The number of nitrogens with one attached hydrogen (secondary N) is 1. The lowest BCUT2D eigenvalue weighted by atomic mass is 10.1. The van der Waals surface area contributed by atoms with Crippen molar-refractivity contribution in [1.29, 1.82) is 0 Å². The molecule has 1 fully saturated rings. The number of thiazole rings is 1. The maximum absolute atomic E-state index is 12.7. The van der Waals surface area contributed by atoms with E-state index in [1.54, 1.807) is 29.6 Å². The summed E-state index contributed by atoms with van der Waals surface area (Å²) in [7, 11) is 1.57. The van der Waals surface area contributed by atoms with Crippen LogP contribution in [0.15, 0.2) is 23.7 Å². The molecule has 0 aliphatic carbocycles. The van der Waals surface area contributed by atoms with E-state index < -0.39 is 6.04 Å². The second-order valence-electron chi connectivity index (χ2n) is 5.12. The van der Waals surface area contributed by atoms with E-state index in [1.165, 1.54) is 11.3 Å². The van der Waals surface area contributed by atoms with Gasteiger partial charge in [-0.3, -0.25) is 9.59 Å². The molecule has 0 radical (unpaired) electrons. The average Bonchev–Trinajstić information content (AvgIpc) is 3.10. The van der Waals surface area contributed by atoms with E-state index in [9.17, 15) is 9.59 Å². The molecule has 2 heterocycles. The van der Waals surface area contributed by atoms with Crippen molar-refractivity contribution in [2.45, 2.75) is 18.5 Å². The Balaban J connectivity index is 1.90. The van der Waals surface area contributed by atoms with Crippen molar-refractivity contribution < 1.29 is 9.59 Å². The molecular formula is C14H16N4O2S. The van der Waals surface area contributed by atoms with E-state index >= 15 is 0 Å². The van der Waals surface area contributed by atoms with Crippen LogP contribution in [-0.2, 0) is 4.79 Å². The minimum atomic E-state index is -0.497. The Morgan fingerprint density at radius 1 is 1.48 bits per heavy atom. The van der Waals surface area contributed by atoms with Crippen LogP contribution in [0.25, 0.3) is 10.2 Å². The van der Waals surface area contributed by atoms with E-state index in [0.29, 0.717) is 18.5 Å². The van der Waals surface area contributed by atoms with E-state index in [-0.39, 0.29) is 17.9 Å². The van der Waals surface area contributed by atoms with Gasteiger partial charge in [-0.1, -0.05) is 0 Å². The van der Waals surface area contributed by atoms with Crippen LogP contribution in [0.2, 0.25) is 0 Å². The third-order valence-electron chi connectivity index (χ3n) is 3.72. The highest BCUT2D eigenvalue weighted by atomic mass is 32.1. The molecule has 3 N–H and O–H groups in total. The summed E-state index contributed by atoms with van der Waals surface area (Å²) < 4.78 is 1.03. The number of likely N-dealkylation sites (N-methyl/N-ethyl adjacent to an activating group) is 1. The van der Waals surface area contributed by atoms with Gasteiger partial charge >= 0.3 is 0 Å². The number of hydrogen-bond acceptors (Lipinski definition) is 5. The van der Waals surface area contributed by atoms with Crippen LogP contribution < -0.4 is 11.1 Å². The summed E-state index contributed by atoms with van der Waals surface area (Å²) >= 11 is 1.53. The lowest BCUT2D eigenvalue weighted by molar-refractivity contribution is -0.124. The molecule has 2 atom stereocenters. The minimum absolute atomic E-state index is 0.167. The zero-order chi connectivity index (χ0) is 15.0. The lowest BCUT2D eigenvalue weighted by Crippen LogP contribution is -2.45. The van der Waals surface area contributed by atoms with Crippen LogP contribution in [0.5, 0.6) is 0 Å². The van der Waals surface area contributed by atoms with Gasteiger partial charge in [0.05, 0.1) is 15.7 Å². The smallest absolute Gasteiger partial charge is 0.254 e. The van der Waals surface area contributed by atoms with Gasteiger partial charge in [-0.25, -0.2) is 4.98 Å². The first-order chi connectivity index (χ1) is 10.1. The molecule has 1 aliphatic rings. The molecule has 7 heteroatoms. The van der Waals surface area contributed by atoms with Crippen molar-refractivity contribution in [3.05, 3.63) is 29.3 Å². The van der Waals surface area contributed by atoms with Gasteiger partial charge in [-0.15, -0.1) is 11.3 Å². The molecule has 2 amide bonds. The van der Waals surface area contributed by atoms with Crippen LogP contribution in [0.3, 0.4) is 0 Å². The average molecular weight is 304 g/mol. The summed E-state index contributed by atoms with van der Waals surface area (Å²) in [5.74, 6) is -0.350. The highest BCUT2D eigenvalue weighted by Crippen LogP contribution is 2.23. The SMILES string of the molecule is CNC(=O)[C@@H]1C[C@H](N)CN1C(=O)c1ccc2scnc2c1. The predicted octanol–water partition coefficient (Wildman–Crippen LogP) is 0.584. The number of rotatable bonds is 2. The highest BCUT2D eigenvalue weighted by Gasteiger charge is 2.38. The van der Waals surface area contributed by atoms with Crippen molar-refractivity contribution in [3.63, 3.8) is 0 Å². The number of nitrogens with two attached hydrogens (primary N) is 1. The minimum Gasteiger partial charge on any atom is -0.357 e. The summed E-state index contributed by atoms with van der Waals surface area (Å²) in [6, 6.07) is 4.75. The summed E-state index contributed by atoms with van der Waals surface area (Å²) in [6.07, 6.45) is 0.490. The fourth-order valence-electron chi connectivity index (χ4n) is 2.66. The third kappa shape index (κ3) is 2.50. The van der Waals surface area contributed by atoms with Gasteiger partial charge in [-0.05, 0) is 24.6 Å². The van der Waals surface area contributed by atoms with Gasteiger partial charge in [0, 0.05) is 25.2 Å². The molecule has 3 rings (SSSR count). The Labute approximate surface area is 125 Å². The lowest BCUT2D eigenvalue weighted by Gasteiger charge is -2.23. The second-order valence-corrected chi connectivity index (χ2v) is 6.00. The van der Waals surface area contributed by atoms with Crippen molar-refractivity contribution in [2.75, 3.05) is 13.6 Å². The van der Waals surface area contributed by atoms with Crippen molar-refractivity contribution in [2.24, 2.45) is 5.73 Å². The summed E-state index contributed by atoms with van der Waals surface area (Å²) in [4.78, 5) is 30.3. The number of aromatic nitrogens is 1. The number of amides is 2. The van der Waals surface area contributed by atoms with E-state index in [0.717, 1.165) is 10.2 Å². The molecule has 0 unspecified atom stereocenters. The molecule has 0 spiro atoms. The zero-order valence-electron chi connectivity index (χ0n) is 11.6. The van der Waals surface area contributed by atoms with Gasteiger partial charge in [-0.2, -0.15) is 0 Å². The van der Waals surface area contributed by atoms with Gasteiger partial charge in [0.15, 0.2) is 0 Å². The molecule has 110 valence electrons. The number of hydrogen-bond donors (Lipinski definition) is 2. The Bertz CT molecular complexity index is 699. The Morgan fingerprint density at radius 2 is 2.29 bits per heavy atom. The maximum atomic E-state index is 12.7. The molecule has 1 aromatic heterocycles. The number of benzene rings is 1. The summed E-state index contributed by atoms with van der Waals surface area (Å²) in [6.45, 7) is 0.395. The van der Waals surface area contributed by atoms with Gasteiger partial charge in [0.2, 0.25) is 5.91 Å². The summed E-state index contributed by atoms with van der Waals surface area (Å²) in [5.41, 5.74) is 9.00. The molecule has 2 aromatic rings. The van der Waals surface area contributed by atoms with Crippen molar-refractivity contribution in [1.82, 2.24) is 15.2 Å². The van der Waals surface area contributed by atoms with E-state index in [2.05, 4.69) is 10.3 Å². The van der Waals surface area contributed by atoms with Crippen LogP contribution in [-0.4, -0.2) is 47.4 Å². The number of nitrogens with zero attached hydrogens (tertiary/aromatic N) is 2. The first kappa shape index (κ1) is 14.0. The quantitative estimate of drug-likeness (QED) is 0.849. The van der Waals surface area contributed by atoms with Gasteiger partial charge < -0.3 is 16.0 Å². The van der Waals surface area contributed by atoms with Crippen molar-refractivity contribution in [3.8, 4) is 0 Å². The Hall–Kier alpha value is -1.99. The molecular weight excluding hydrogens is 288 g/mol. The Morgan fingerprint density at radius 3 is 3.05 bits per heavy atom. The van der Waals surface area contributed by atoms with Crippen LogP contribution in [0.4, 0.5) is 0 Å². The first-order valence-corrected chi connectivity index (χ1v) is 7.59. The fraction of sp³-hybridized carbons (Fsp3) is 0.357. The molecule has 0 bridgehead atoms. The normalized spacial score (nSPS) is 21.7. The van der Waals surface area contributed by atoms with Crippen molar-refractivity contribution >= 4 is 33.4 Å². The largest absolute Gasteiger partial charge is 0.357 e. The van der Waals surface area contributed by atoms with Crippen LogP contribution in [0, 0.1) is 0 Å².